The van der Waals surface area contributed by atoms with E-state index in [1.54, 1.807) is 0 Å². The predicted octanol–water partition coefficient (Wildman–Crippen LogP) is -1.24. The molecule has 1 aromatic rings. The van der Waals surface area contributed by atoms with Gasteiger partial charge in [-0.15, -0.1) is 0 Å². The van der Waals surface area contributed by atoms with Gasteiger partial charge in [0.2, 0.25) is 0 Å². The van der Waals surface area contributed by atoms with Gasteiger partial charge in [0.1, 0.15) is 0 Å². The molecule has 0 heterocycles. The standard InChI is InChI=1S/C10H16P.Li.H2O4S/c1-11(2,3)9-10-7-5-4-6-8-10;;1-5(2,3)4/h4-8H,9H2,1-3H3;;(H2,1,2,3,4)/q2*+1;/p-2. The molecule has 0 radical (unpaired) electrons. The number of benzene rings is 1. The van der Waals surface area contributed by atoms with Crippen LogP contribution >= 0.6 is 7.26 Å². The summed E-state index contributed by atoms with van der Waals surface area (Å²) in [5.41, 5.74) is 1.48. The topological polar surface area (TPSA) is 80.3 Å². The molecule has 0 aliphatic carbocycles. The van der Waals surface area contributed by atoms with E-state index >= 15 is 0 Å². The molecule has 0 aliphatic rings. The number of rotatable bonds is 2. The second-order valence-corrected chi connectivity index (χ2v) is 10.1. The van der Waals surface area contributed by atoms with Gasteiger partial charge in [-0.25, -0.2) is 0 Å². The molecule has 0 aromatic heterocycles. The Labute approximate surface area is 116 Å². The van der Waals surface area contributed by atoms with Gasteiger partial charge >= 0.3 is 18.9 Å². The summed E-state index contributed by atoms with van der Waals surface area (Å²) >= 11 is 0. The molecule has 17 heavy (non-hydrogen) atoms. The van der Waals surface area contributed by atoms with Crippen LogP contribution in [-0.2, 0) is 16.6 Å². The van der Waals surface area contributed by atoms with E-state index in [4.69, 9.17) is 17.5 Å². The van der Waals surface area contributed by atoms with Crippen LogP contribution in [0.2, 0.25) is 0 Å². The van der Waals surface area contributed by atoms with Crippen LogP contribution < -0.4 is 18.9 Å². The molecule has 0 saturated heterocycles. The molecule has 0 saturated carbocycles. The van der Waals surface area contributed by atoms with Crippen molar-refractivity contribution < 1.29 is 36.4 Å². The third-order valence-corrected chi connectivity index (χ3v) is 2.81. The van der Waals surface area contributed by atoms with Crippen LogP contribution in [0.1, 0.15) is 5.56 Å². The first kappa shape index (κ1) is 19.5. The summed E-state index contributed by atoms with van der Waals surface area (Å²) < 4.78 is 34.1. The molecule has 1 rings (SSSR count). The molecule has 0 bridgehead atoms. The van der Waals surface area contributed by atoms with Gasteiger partial charge in [0, 0.05) is 37.7 Å². The summed E-state index contributed by atoms with van der Waals surface area (Å²) in [6.45, 7) is 7.12. The molecule has 1 aromatic carbocycles. The summed E-state index contributed by atoms with van der Waals surface area (Å²) in [6, 6.07) is 10.7. The Kier molecular flexibility index (Phi) is 9.45. The minimum Gasteiger partial charge on any atom is -0.759 e. The third kappa shape index (κ3) is 18.7. The largest absolute Gasteiger partial charge is 1.00 e. The number of hydrogen-bond donors (Lipinski definition) is 0. The van der Waals surface area contributed by atoms with E-state index in [2.05, 4.69) is 50.3 Å². The molecule has 0 atom stereocenters. The van der Waals surface area contributed by atoms with Gasteiger partial charge in [-0.05, 0) is 5.56 Å². The van der Waals surface area contributed by atoms with Crippen LogP contribution in [0.5, 0.6) is 0 Å². The maximum absolute atomic E-state index is 8.52. The first-order valence-electron chi connectivity index (χ1n) is 4.59. The van der Waals surface area contributed by atoms with Crippen LogP contribution in [0, 0.1) is 0 Å². The molecule has 7 heteroatoms. The molecule has 0 spiro atoms. The minimum atomic E-state index is -5.17. The summed E-state index contributed by atoms with van der Waals surface area (Å²) in [5, 5.41) is 0. The second kappa shape index (κ2) is 8.26. The van der Waals surface area contributed by atoms with E-state index < -0.39 is 17.7 Å². The maximum atomic E-state index is 8.52. The Bertz CT molecular complexity index is 392. The van der Waals surface area contributed by atoms with E-state index in [9.17, 15) is 0 Å². The zero-order chi connectivity index (χ0) is 12.8. The monoisotopic (exact) mass is 270 g/mol. The van der Waals surface area contributed by atoms with E-state index in [0.717, 1.165) is 0 Å². The average Bonchev–Trinajstić information content (AvgIpc) is 1.99. The smallest absolute Gasteiger partial charge is 0.759 e. The second-order valence-electron chi connectivity index (χ2n) is 4.34. The SMILES string of the molecule is C[P+](C)(C)Cc1ccccc1.O=S(=O)([O-])[O-].[Li+]. The molecule has 0 fully saturated rings. The van der Waals surface area contributed by atoms with Gasteiger partial charge in [-0.2, -0.15) is 0 Å². The molecular formula is C10H16LiO4PS. The van der Waals surface area contributed by atoms with Crippen molar-refractivity contribution in [3.8, 4) is 0 Å². The Balaban J connectivity index is 0. The van der Waals surface area contributed by atoms with Crippen molar-refractivity contribution >= 4 is 17.7 Å². The van der Waals surface area contributed by atoms with Gasteiger partial charge in [0.25, 0.3) is 0 Å². The van der Waals surface area contributed by atoms with Crippen LogP contribution in [0.25, 0.3) is 0 Å². The van der Waals surface area contributed by atoms with Crippen LogP contribution in [0.3, 0.4) is 0 Å². The fraction of sp³-hybridized carbons (Fsp3) is 0.400. The molecule has 0 aliphatic heterocycles. The van der Waals surface area contributed by atoms with Crippen molar-refractivity contribution in [2.75, 3.05) is 20.0 Å². The molecule has 92 valence electrons. The molecule has 4 nitrogen and oxygen atoms in total. The van der Waals surface area contributed by atoms with E-state index in [1.165, 1.54) is 11.7 Å². The molecule has 0 amide bonds. The fourth-order valence-electron chi connectivity index (χ4n) is 1.13. The van der Waals surface area contributed by atoms with E-state index in [0.29, 0.717) is 0 Å². The first-order valence-corrected chi connectivity index (χ1v) is 9.24. The fourth-order valence-corrected chi connectivity index (χ4v) is 2.44. The van der Waals surface area contributed by atoms with Crippen molar-refractivity contribution in [1.29, 1.82) is 0 Å². The Morgan fingerprint density at radius 1 is 1.06 bits per heavy atom. The Morgan fingerprint density at radius 2 is 1.41 bits per heavy atom. The zero-order valence-corrected chi connectivity index (χ0v) is 12.3. The zero-order valence-electron chi connectivity index (χ0n) is 10.6. The molecular weight excluding hydrogens is 254 g/mol. The van der Waals surface area contributed by atoms with Gasteiger partial charge in [-0.3, -0.25) is 8.42 Å². The Morgan fingerprint density at radius 3 is 1.71 bits per heavy atom. The molecule has 0 N–H and O–H groups in total. The van der Waals surface area contributed by atoms with Crippen molar-refractivity contribution in [3.05, 3.63) is 35.9 Å². The van der Waals surface area contributed by atoms with Crippen LogP contribution in [-0.4, -0.2) is 37.5 Å². The van der Waals surface area contributed by atoms with Crippen molar-refractivity contribution in [3.63, 3.8) is 0 Å². The predicted molar refractivity (Wildman–Crippen MR) is 65.3 cm³/mol. The van der Waals surface area contributed by atoms with Crippen molar-refractivity contribution in [2.24, 2.45) is 0 Å². The summed E-state index contributed by atoms with van der Waals surface area (Å²) in [4.78, 5) is 0. The van der Waals surface area contributed by atoms with E-state index in [1.807, 2.05) is 0 Å². The third-order valence-electron chi connectivity index (χ3n) is 1.50. The quantitative estimate of drug-likeness (QED) is 0.291. The van der Waals surface area contributed by atoms with Gasteiger partial charge < -0.3 is 9.11 Å². The summed E-state index contributed by atoms with van der Waals surface area (Å²) in [5.74, 6) is 0. The normalized spacial score (nSPS) is 10.9. The number of hydrogen-bond acceptors (Lipinski definition) is 4. The maximum Gasteiger partial charge on any atom is 1.00 e. The van der Waals surface area contributed by atoms with Gasteiger partial charge in [-0.1, -0.05) is 30.3 Å². The first-order chi connectivity index (χ1) is 7.08. The van der Waals surface area contributed by atoms with Crippen LogP contribution in [0.4, 0.5) is 0 Å². The summed E-state index contributed by atoms with van der Waals surface area (Å²) in [7, 11) is -5.80. The van der Waals surface area contributed by atoms with E-state index in [-0.39, 0.29) is 18.9 Å². The van der Waals surface area contributed by atoms with Crippen molar-refractivity contribution in [1.82, 2.24) is 0 Å². The van der Waals surface area contributed by atoms with Gasteiger partial charge in [0.05, 0.1) is 6.16 Å². The molecule has 0 unspecified atom stereocenters. The van der Waals surface area contributed by atoms with Crippen molar-refractivity contribution in [2.45, 2.75) is 6.16 Å². The van der Waals surface area contributed by atoms with Gasteiger partial charge in [0.15, 0.2) is 0 Å². The van der Waals surface area contributed by atoms with Crippen LogP contribution in [0.15, 0.2) is 30.3 Å². The minimum absolute atomic E-state index is 0. The summed E-state index contributed by atoms with van der Waals surface area (Å²) in [6.07, 6.45) is 1.27. The Hall–Kier alpha value is 0.117. The average molecular weight is 270 g/mol.